The molecule has 0 aromatic heterocycles. The lowest BCUT2D eigenvalue weighted by atomic mass is 9.94. The van der Waals surface area contributed by atoms with E-state index in [1.165, 1.54) is 0 Å². The van der Waals surface area contributed by atoms with Crippen molar-refractivity contribution < 1.29 is 24.2 Å². The maximum absolute atomic E-state index is 14.6. The molecule has 0 aliphatic heterocycles. The molecule has 218 valence electrons. The molecule has 0 bridgehead atoms. The fraction of sp³-hybridized carbons (Fsp3) is 0.531. The monoisotopic (exact) mass is 551 g/mol. The van der Waals surface area contributed by atoms with Crippen molar-refractivity contribution in [2.75, 3.05) is 0 Å². The summed E-state index contributed by atoms with van der Waals surface area (Å²) in [5.74, 6) is -0.318. The van der Waals surface area contributed by atoms with Gasteiger partial charge in [-0.05, 0) is 96.6 Å². The van der Waals surface area contributed by atoms with Gasteiger partial charge < -0.3 is 25.4 Å². The van der Waals surface area contributed by atoms with Gasteiger partial charge in [-0.15, -0.1) is 0 Å². The van der Waals surface area contributed by atoms with Gasteiger partial charge in [-0.3, -0.25) is 9.59 Å². The Bertz CT molecular complexity index is 1230. The molecular weight excluding hydrogens is 506 g/mol. The predicted octanol–water partition coefficient (Wildman–Crippen LogP) is 5.34. The second-order valence-electron chi connectivity index (χ2n) is 13.1. The molecule has 0 saturated heterocycles. The minimum atomic E-state index is -0.998. The number of phenols is 1. The number of amides is 3. The van der Waals surface area contributed by atoms with Crippen molar-refractivity contribution in [1.29, 1.82) is 0 Å². The lowest BCUT2D eigenvalue weighted by Gasteiger charge is -2.37. The maximum atomic E-state index is 14.6. The smallest absolute Gasteiger partial charge is 0.408 e. The second kappa shape index (κ2) is 11.9. The highest BCUT2D eigenvalue weighted by Crippen LogP contribution is 2.41. The van der Waals surface area contributed by atoms with Crippen molar-refractivity contribution in [2.45, 2.75) is 104 Å². The van der Waals surface area contributed by atoms with Crippen LogP contribution in [-0.4, -0.2) is 51.1 Å². The summed E-state index contributed by atoms with van der Waals surface area (Å²) in [4.78, 5) is 43.1. The van der Waals surface area contributed by atoms with Gasteiger partial charge in [-0.1, -0.05) is 42.8 Å². The summed E-state index contributed by atoms with van der Waals surface area (Å²) in [5.41, 5.74) is 2.12. The molecule has 0 radical (unpaired) electrons. The van der Waals surface area contributed by atoms with E-state index < -0.39 is 29.3 Å². The minimum Gasteiger partial charge on any atom is -0.508 e. The molecule has 1 aliphatic rings. The molecule has 3 N–H and O–H groups in total. The van der Waals surface area contributed by atoms with Crippen LogP contribution in [0.3, 0.4) is 0 Å². The fourth-order valence-electron chi connectivity index (χ4n) is 4.78. The van der Waals surface area contributed by atoms with Gasteiger partial charge in [0.2, 0.25) is 11.8 Å². The highest BCUT2D eigenvalue weighted by molar-refractivity contribution is 5.93. The molecule has 0 heterocycles. The van der Waals surface area contributed by atoms with E-state index in [4.69, 9.17) is 4.74 Å². The Morgan fingerprint density at radius 3 is 2.15 bits per heavy atom. The molecule has 3 rings (SSSR count). The van der Waals surface area contributed by atoms with Crippen molar-refractivity contribution in [3.05, 3.63) is 64.7 Å². The number of hydrogen-bond donors (Lipinski definition) is 3. The average Bonchev–Trinajstić information content (AvgIpc) is 3.53. The highest BCUT2D eigenvalue weighted by atomic mass is 16.6. The summed E-state index contributed by atoms with van der Waals surface area (Å²) in [6.45, 7) is 17.0. The molecule has 0 spiro atoms. The number of aromatic hydroxyl groups is 1. The Hall–Kier alpha value is -3.55. The number of hydrogen-bond acceptors (Lipinski definition) is 5. The van der Waals surface area contributed by atoms with E-state index in [1.807, 2.05) is 52.8 Å². The summed E-state index contributed by atoms with van der Waals surface area (Å²) >= 11 is 0. The number of alkyl carbamates (subject to hydrolysis) is 1. The predicted molar refractivity (Wildman–Crippen MR) is 156 cm³/mol. The number of phenolic OH excluding ortho intramolecular Hbond substituents is 1. The zero-order chi connectivity index (χ0) is 30.0. The van der Waals surface area contributed by atoms with Crippen LogP contribution in [0, 0.1) is 19.8 Å². The average molecular weight is 552 g/mol. The first-order valence-electron chi connectivity index (χ1n) is 13.9. The third kappa shape index (κ3) is 8.47. The molecule has 2 aromatic carbocycles. The maximum Gasteiger partial charge on any atom is 0.408 e. The quantitative estimate of drug-likeness (QED) is 0.411. The molecule has 1 saturated carbocycles. The molecule has 4 atom stereocenters. The van der Waals surface area contributed by atoms with Crippen LogP contribution in [-0.2, 0) is 20.7 Å². The Balaban J connectivity index is 2.10. The lowest BCUT2D eigenvalue weighted by molar-refractivity contribution is -0.144. The van der Waals surface area contributed by atoms with Gasteiger partial charge in [-0.25, -0.2) is 4.79 Å². The van der Waals surface area contributed by atoms with Crippen molar-refractivity contribution in [1.82, 2.24) is 15.5 Å². The molecule has 3 amide bonds. The van der Waals surface area contributed by atoms with Gasteiger partial charge in [0.25, 0.3) is 0 Å². The summed E-state index contributed by atoms with van der Waals surface area (Å²) in [5, 5.41) is 15.6. The second-order valence-corrected chi connectivity index (χ2v) is 13.1. The number of nitrogens with zero attached hydrogens (tertiary/aromatic N) is 1. The number of nitrogens with one attached hydrogen (secondary N) is 2. The first-order chi connectivity index (χ1) is 18.4. The van der Waals surface area contributed by atoms with Crippen LogP contribution in [0.2, 0.25) is 0 Å². The van der Waals surface area contributed by atoms with Crippen molar-refractivity contribution in [2.24, 2.45) is 5.92 Å². The number of benzene rings is 2. The summed E-state index contributed by atoms with van der Waals surface area (Å²) in [7, 11) is 0. The first-order valence-corrected chi connectivity index (χ1v) is 13.9. The number of carbonyl (C=O) groups is 3. The van der Waals surface area contributed by atoms with E-state index in [2.05, 4.69) is 17.6 Å². The van der Waals surface area contributed by atoms with Crippen LogP contribution >= 0.6 is 0 Å². The van der Waals surface area contributed by atoms with Crippen molar-refractivity contribution in [3.8, 4) is 5.75 Å². The molecule has 8 heteroatoms. The van der Waals surface area contributed by atoms with Crippen LogP contribution < -0.4 is 10.6 Å². The number of ether oxygens (including phenoxy) is 1. The van der Waals surface area contributed by atoms with Crippen LogP contribution in [0.25, 0.3) is 0 Å². The van der Waals surface area contributed by atoms with Crippen LogP contribution in [0.5, 0.6) is 5.75 Å². The standard InChI is InChI=1S/C32H45N3O5/c1-19-10-11-20(2)24(16-19)27(28(37)34-31(4,5)6)35(26-17-21(26)3)29(38)25(33-30(39)40-32(7,8)9)18-22-12-14-23(36)15-13-22/h10-16,21,25-27,36H,17-18H2,1-9H3,(H,33,39)(H,34,37). The SMILES string of the molecule is Cc1ccc(C)c(C(C(=O)NC(C)(C)C)N(C(=O)C(Cc2ccc(O)cc2)NC(=O)OC(C)(C)C)C2CC2C)c1. The topological polar surface area (TPSA) is 108 Å². The number of carbonyl (C=O) groups excluding carboxylic acids is 3. The van der Waals surface area contributed by atoms with Gasteiger partial charge in [0.1, 0.15) is 23.4 Å². The van der Waals surface area contributed by atoms with Crippen LogP contribution in [0.4, 0.5) is 4.79 Å². The zero-order valence-electron chi connectivity index (χ0n) is 25.3. The molecule has 2 aromatic rings. The highest BCUT2D eigenvalue weighted by Gasteiger charge is 2.48. The normalized spacial score (nSPS) is 18.3. The van der Waals surface area contributed by atoms with Gasteiger partial charge >= 0.3 is 6.09 Å². The Morgan fingerprint density at radius 2 is 1.62 bits per heavy atom. The van der Waals surface area contributed by atoms with E-state index in [-0.39, 0.29) is 35.9 Å². The largest absolute Gasteiger partial charge is 0.508 e. The fourth-order valence-corrected chi connectivity index (χ4v) is 4.78. The van der Waals surface area contributed by atoms with Gasteiger partial charge in [0.15, 0.2) is 0 Å². The molecule has 1 aliphatic carbocycles. The summed E-state index contributed by atoms with van der Waals surface area (Å²) in [6.07, 6.45) is 0.209. The first kappa shape index (κ1) is 31.0. The zero-order valence-corrected chi connectivity index (χ0v) is 25.3. The Kier molecular flexibility index (Phi) is 9.22. The molecule has 4 unspecified atom stereocenters. The van der Waals surface area contributed by atoms with Gasteiger partial charge in [0, 0.05) is 18.0 Å². The third-order valence-electron chi connectivity index (χ3n) is 6.80. The number of aryl methyl sites for hydroxylation is 2. The van der Waals surface area contributed by atoms with Gasteiger partial charge in [0.05, 0.1) is 0 Å². The van der Waals surface area contributed by atoms with E-state index in [0.717, 1.165) is 28.7 Å². The van der Waals surface area contributed by atoms with E-state index >= 15 is 0 Å². The molecule has 8 nitrogen and oxygen atoms in total. The summed E-state index contributed by atoms with van der Waals surface area (Å²) in [6, 6.07) is 10.4. The molecular formula is C32H45N3O5. The molecule has 40 heavy (non-hydrogen) atoms. The minimum absolute atomic E-state index is 0.106. The van der Waals surface area contributed by atoms with Crippen LogP contribution in [0.15, 0.2) is 42.5 Å². The van der Waals surface area contributed by atoms with E-state index in [0.29, 0.717) is 0 Å². The lowest BCUT2D eigenvalue weighted by Crippen LogP contribution is -2.56. The van der Waals surface area contributed by atoms with Gasteiger partial charge in [-0.2, -0.15) is 0 Å². The Labute approximate surface area is 238 Å². The third-order valence-corrected chi connectivity index (χ3v) is 6.80. The Morgan fingerprint density at radius 1 is 1.02 bits per heavy atom. The van der Waals surface area contributed by atoms with E-state index in [1.54, 1.807) is 49.9 Å². The number of rotatable bonds is 8. The van der Waals surface area contributed by atoms with E-state index in [9.17, 15) is 19.5 Å². The van der Waals surface area contributed by atoms with Crippen molar-refractivity contribution in [3.63, 3.8) is 0 Å². The summed E-state index contributed by atoms with van der Waals surface area (Å²) < 4.78 is 5.51. The van der Waals surface area contributed by atoms with Crippen molar-refractivity contribution >= 4 is 17.9 Å². The molecule has 1 fully saturated rings. The van der Waals surface area contributed by atoms with Crippen LogP contribution in [0.1, 0.15) is 83.2 Å².